The van der Waals surface area contributed by atoms with Gasteiger partial charge in [0.05, 0.1) is 25.2 Å². The van der Waals surface area contributed by atoms with Gasteiger partial charge in [-0.05, 0) is 89.9 Å². The molecule has 0 heterocycles. The first-order valence-electron chi connectivity index (χ1n) is 26.0. The van der Waals surface area contributed by atoms with E-state index in [0.29, 0.717) is 19.3 Å². The summed E-state index contributed by atoms with van der Waals surface area (Å²) in [6, 6.07) is -0.711. The molecule has 354 valence electrons. The van der Waals surface area contributed by atoms with Crippen LogP contribution in [0.4, 0.5) is 0 Å². The largest absolute Gasteiger partial charge is 0.462 e. The summed E-state index contributed by atoms with van der Waals surface area (Å²) in [4.78, 5) is 26.1. The standard InChI is InChI=1S/C55H99NO5/c1-4-7-10-13-16-19-22-25-26-27-30-33-36-39-42-45-48-55(60)61-51(46-43-40-37-34-31-28-23-20-17-14-11-8-5-2)49-54(59)56-52(50-57)53(58)47-44-41-38-35-32-29-24-21-18-15-12-9-6-3/h7,10,16,19-20,23,25-26,30,33,51-53,57-58H,4-6,8-9,11-15,17-18,21-22,24,27-29,31-32,34-50H2,1-3H3,(H,56,59)/b10-7+,19-16+,23-20-,26-25+,33-30+. The van der Waals surface area contributed by atoms with Crippen LogP contribution >= 0.6 is 0 Å². The summed E-state index contributed by atoms with van der Waals surface area (Å²) < 4.78 is 5.92. The maximum absolute atomic E-state index is 13.2. The Bertz CT molecular complexity index is 1090. The lowest BCUT2D eigenvalue weighted by Crippen LogP contribution is -2.46. The molecule has 0 rings (SSSR count). The number of hydrogen-bond donors (Lipinski definition) is 3. The van der Waals surface area contributed by atoms with Crippen molar-refractivity contribution >= 4 is 11.9 Å². The Labute approximate surface area is 378 Å². The SMILES string of the molecule is CC/C=C/C/C=C/C/C=C/C/C=C/CCCCCC(=O)OC(CCCCCCC/C=C\CCCCCC)CC(=O)NC(CO)C(O)CCCCCCCCCCCCCCC. The van der Waals surface area contributed by atoms with Crippen molar-refractivity contribution in [3.05, 3.63) is 60.8 Å². The zero-order valence-corrected chi connectivity index (χ0v) is 40.3. The summed E-state index contributed by atoms with van der Waals surface area (Å²) in [7, 11) is 0. The zero-order chi connectivity index (χ0) is 44.5. The fraction of sp³-hybridized carbons (Fsp3) is 0.782. The molecule has 3 unspecified atom stereocenters. The Morgan fingerprint density at radius 1 is 0.492 bits per heavy atom. The number of carbonyl (C=O) groups is 2. The number of nitrogens with one attached hydrogen (secondary N) is 1. The van der Waals surface area contributed by atoms with Crippen LogP contribution < -0.4 is 5.32 Å². The van der Waals surface area contributed by atoms with Gasteiger partial charge in [0.1, 0.15) is 6.10 Å². The Hall–Kier alpha value is -2.44. The molecular weight excluding hydrogens is 755 g/mol. The molecule has 0 aromatic heterocycles. The third-order valence-corrected chi connectivity index (χ3v) is 11.6. The van der Waals surface area contributed by atoms with Gasteiger partial charge >= 0.3 is 5.97 Å². The van der Waals surface area contributed by atoms with E-state index in [-0.39, 0.29) is 24.9 Å². The van der Waals surface area contributed by atoms with Gasteiger partial charge in [-0.15, -0.1) is 0 Å². The highest BCUT2D eigenvalue weighted by Crippen LogP contribution is 2.17. The van der Waals surface area contributed by atoms with Gasteiger partial charge < -0.3 is 20.3 Å². The van der Waals surface area contributed by atoms with Gasteiger partial charge in [0.25, 0.3) is 0 Å². The second kappa shape index (κ2) is 48.6. The molecule has 1 amide bonds. The second-order valence-corrected chi connectivity index (χ2v) is 17.5. The molecule has 0 aliphatic heterocycles. The van der Waals surface area contributed by atoms with Crippen LogP contribution in [0.15, 0.2) is 60.8 Å². The van der Waals surface area contributed by atoms with E-state index in [2.05, 4.69) is 86.8 Å². The highest BCUT2D eigenvalue weighted by atomic mass is 16.5. The third kappa shape index (κ3) is 44.0. The minimum absolute atomic E-state index is 0.0581. The van der Waals surface area contributed by atoms with Crippen LogP contribution in [-0.2, 0) is 14.3 Å². The van der Waals surface area contributed by atoms with E-state index >= 15 is 0 Å². The molecule has 0 radical (unpaired) electrons. The van der Waals surface area contributed by atoms with E-state index in [0.717, 1.165) is 96.3 Å². The van der Waals surface area contributed by atoms with Crippen molar-refractivity contribution in [3.8, 4) is 0 Å². The predicted octanol–water partition coefficient (Wildman–Crippen LogP) is 15.6. The number of aliphatic hydroxyl groups is 2. The first-order valence-corrected chi connectivity index (χ1v) is 26.0. The Kier molecular flexibility index (Phi) is 46.6. The van der Waals surface area contributed by atoms with E-state index in [1.807, 2.05) is 0 Å². The molecule has 0 spiro atoms. The minimum Gasteiger partial charge on any atom is -0.462 e. The quantitative estimate of drug-likeness (QED) is 0.0322. The number of esters is 1. The lowest BCUT2D eigenvalue weighted by molar-refractivity contribution is -0.151. The molecule has 0 aromatic carbocycles. The Balaban J connectivity index is 4.63. The van der Waals surface area contributed by atoms with Crippen LogP contribution in [0.5, 0.6) is 0 Å². The van der Waals surface area contributed by atoms with Gasteiger partial charge in [0.15, 0.2) is 0 Å². The Morgan fingerprint density at radius 2 is 0.885 bits per heavy atom. The first-order chi connectivity index (χ1) is 30.0. The van der Waals surface area contributed by atoms with Crippen LogP contribution in [0.1, 0.15) is 252 Å². The predicted molar refractivity (Wildman–Crippen MR) is 264 cm³/mol. The van der Waals surface area contributed by atoms with Gasteiger partial charge in [-0.3, -0.25) is 9.59 Å². The molecule has 0 aromatic rings. The maximum Gasteiger partial charge on any atom is 0.306 e. The molecule has 3 N–H and O–H groups in total. The van der Waals surface area contributed by atoms with Crippen LogP contribution in [0, 0.1) is 0 Å². The van der Waals surface area contributed by atoms with Crippen LogP contribution in [0.25, 0.3) is 0 Å². The molecule has 0 saturated carbocycles. The smallest absolute Gasteiger partial charge is 0.306 e. The van der Waals surface area contributed by atoms with Gasteiger partial charge in [0, 0.05) is 6.42 Å². The maximum atomic E-state index is 13.2. The second-order valence-electron chi connectivity index (χ2n) is 17.5. The lowest BCUT2D eigenvalue weighted by Gasteiger charge is -2.24. The monoisotopic (exact) mass is 854 g/mol. The minimum atomic E-state index is -0.796. The number of ether oxygens (including phenoxy) is 1. The van der Waals surface area contributed by atoms with E-state index in [9.17, 15) is 19.8 Å². The molecule has 61 heavy (non-hydrogen) atoms. The van der Waals surface area contributed by atoms with Gasteiger partial charge in [-0.25, -0.2) is 0 Å². The number of amides is 1. The van der Waals surface area contributed by atoms with Crippen LogP contribution in [-0.4, -0.2) is 46.9 Å². The Morgan fingerprint density at radius 3 is 1.38 bits per heavy atom. The highest BCUT2D eigenvalue weighted by molar-refractivity contribution is 5.77. The van der Waals surface area contributed by atoms with Crippen molar-refractivity contribution in [1.29, 1.82) is 0 Å². The van der Waals surface area contributed by atoms with Crippen molar-refractivity contribution in [2.45, 2.75) is 270 Å². The first kappa shape index (κ1) is 58.6. The molecule has 3 atom stereocenters. The van der Waals surface area contributed by atoms with E-state index in [1.54, 1.807) is 0 Å². The van der Waals surface area contributed by atoms with Gasteiger partial charge in [-0.1, -0.05) is 210 Å². The fourth-order valence-corrected chi connectivity index (χ4v) is 7.65. The number of rotatable bonds is 46. The summed E-state index contributed by atoms with van der Waals surface area (Å²) in [6.07, 6.45) is 59.9. The number of allylic oxidation sites excluding steroid dienone is 10. The topological polar surface area (TPSA) is 95.9 Å². The average molecular weight is 854 g/mol. The average Bonchev–Trinajstić information content (AvgIpc) is 3.25. The number of hydrogen-bond acceptors (Lipinski definition) is 5. The summed E-state index contributed by atoms with van der Waals surface area (Å²) in [5.74, 6) is -0.516. The molecule has 0 aliphatic rings. The third-order valence-electron chi connectivity index (χ3n) is 11.6. The number of aliphatic hydroxyl groups excluding tert-OH is 2. The van der Waals surface area contributed by atoms with Crippen LogP contribution in [0.2, 0.25) is 0 Å². The van der Waals surface area contributed by atoms with Gasteiger partial charge in [-0.2, -0.15) is 0 Å². The normalized spacial score (nSPS) is 13.7. The number of unbranched alkanes of at least 4 members (excludes halogenated alkanes) is 24. The van der Waals surface area contributed by atoms with Crippen molar-refractivity contribution < 1.29 is 24.5 Å². The summed E-state index contributed by atoms with van der Waals surface area (Å²) in [5.41, 5.74) is 0. The van der Waals surface area contributed by atoms with Crippen molar-refractivity contribution in [1.82, 2.24) is 5.32 Å². The van der Waals surface area contributed by atoms with Crippen molar-refractivity contribution in [2.24, 2.45) is 0 Å². The van der Waals surface area contributed by atoms with Crippen molar-refractivity contribution in [3.63, 3.8) is 0 Å². The summed E-state index contributed by atoms with van der Waals surface area (Å²) >= 11 is 0. The zero-order valence-electron chi connectivity index (χ0n) is 40.3. The molecular formula is C55H99NO5. The molecule has 0 aliphatic carbocycles. The van der Waals surface area contributed by atoms with Crippen LogP contribution in [0.3, 0.4) is 0 Å². The number of carbonyl (C=O) groups excluding carboxylic acids is 2. The summed E-state index contributed by atoms with van der Waals surface area (Å²) in [5, 5.41) is 23.8. The molecule has 6 heteroatoms. The van der Waals surface area contributed by atoms with E-state index < -0.39 is 18.2 Å². The van der Waals surface area contributed by atoms with E-state index in [1.165, 1.54) is 109 Å². The fourth-order valence-electron chi connectivity index (χ4n) is 7.65. The molecule has 0 fully saturated rings. The molecule has 0 bridgehead atoms. The lowest BCUT2D eigenvalue weighted by atomic mass is 10.0. The molecule has 6 nitrogen and oxygen atoms in total. The molecule has 0 saturated heterocycles. The highest BCUT2D eigenvalue weighted by Gasteiger charge is 2.24. The van der Waals surface area contributed by atoms with Gasteiger partial charge in [0.2, 0.25) is 5.91 Å². The van der Waals surface area contributed by atoms with E-state index in [4.69, 9.17) is 4.74 Å². The summed E-state index contributed by atoms with van der Waals surface area (Å²) in [6.45, 7) is 6.35. The van der Waals surface area contributed by atoms with Crippen molar-refractivity contribution in [2.75, 3.05) is 6.61 Å².